The first-order valence-electron chi connectivity index (χ1n) is 8.94. The molecule has 136 valence electrons. The average molecular weight is 415 g/mol. The van der Waals surface area contributed by atoms with E-state index in [9.17, 15) is 9.59 Å². The minimum Gasteiger partial charge on any atom is -0.340 e. The van der Waals surface area contributed by atoms with Crippen molar-refractivity contribution in [3.05, 3.63) is 63.6 Å². The minimum atomic E-state index is -0.608. The molecule has 2 N–H and O–H groups in total. The van der Waals surface area contributed by atoms with E-state index in [-0.39, 0.29) is 17.7 Å². The van der Waals surface area contributed by atoms with Gasteiger partial charge in [-0.3, -0.25) is 9.59 Å². The summed E-state index contributed by atoms with van der Waals surface area (Å²) in [5.41, 5.74) is 3.98. The summed E-state index contributed by atoms with van der Waals surface area (Å²) < 4.78 is 0.707. The molecule has 0 saturated heterocycles. The van der Waals surface area contributed by atoms with E-state index in [0.717, 1.165) is 18.5 Å². The molecule has 5 heteroatoms. The first-order valence-corrected chi connectivity index (χ1v) is 9.73. The normalized spacial score (nSPS) is 14.0. The van der Waals surface area contributed by atoms with Gasteiger partial charge < -0.3 is 10.6 Å². The molecule has 1 atom stereocenters. The number of hydrogen-bond donors (Lipinski definition) is 2. The topological polar surface area (TPSA) is 58.2 Å². The molecule has 2 aromatic rings. The van der Waals surface area contributed by atoms with Gasteiger partial charge in [0.05, 0.1) is 5.56 Å². The molecule has 0 fully saturated rings. The van der Waals surface area contributed by atoms with Crippen molar-refractivity contribution in [2.24, 2.45) is 5.92 Å². The van der Waals surface area contributed by atoms with Crippen molar-refractivity contribution in [3.8, 4) is 0 Å². The number of benzene rings is 2. The van der Waals surface area contributed by atoms with Gasteiger partial charge in [-0.1, -0.05) is 32.0 Å². The summed E-state index contributed by atoms with van der Waals surface area (Å²) in [5.74, 6) is -0.491. The molecule has 3 rings (SSSR count). The molecule has 4 nitrogen and oxygen atoms in total. The van der Waals surface area contributed by atoms with Crippen LogP contribution in [-0.4, -0.2) is 17.9 Å². The molecule has 2 aromatic carbocycles. The highest BCUT2D eigenvalue weighted by Gasteiger charge is 2.25. The first-order chi connectivity index (χ1) is 12.5. The Bertz CT molecular complexity index is 833. The van der Waals surface area contributed by atoms with Crippen molar-refractivity contribution in [1.82, 2.24) is 5.32 Å². The van der Waals surface area contributed by atoms with Crippen LogP contribution in [0.2, 0.25) is 0 Å². The molecular weight excluding hydrogens is 392 g/mol. The van der Waals surface area contributed by atoms with Gasteiger partial charge >= 0.3 is 0 Å². The number of halogens is 1. The number of carbonyl (C=O) groups excluding carboxylic acids is 2. The third kappa shape index (κ3) is 4.15. The number of anilines is 1. The number of fused-ring (bicyclic) bond motifs is 1. The van der Waals surface area contributed by atoms with Gasteiger partial charge in [0, 0.05) is 10.2 Å². The second kappa shape index (κ2) is 8.04. The summed E-state index contributed by atoms with van der Waals surface area (Å²) in [6, 6.07) is 12.7. The van der Waals surface area contributed by atoms with E-state index in [4.69, 9.17) is 0 Å². The van der Waals surface area contributed by atoms with Crippen LogP contribution in [-0.2, 0) is 17.6 Å². The van der Waals surface area contributed by atoms with Gasteiger partial charge in [-0.15, -0.1) is 0 Å². The van der Waals surface area contributed by atoms with Gasteiger partial charge in [-0.25, -0.2) is 0 Å². The Balaban J connectivity index is 1.72. The molecule has 1 aliphatic rings. The molecule has 0 heterocycles. The van der Waals surface area contributed by atoms with Crippen LogP contribution < -0.4 is 10.6 Å². The Kier molecular flexibility index (Phi) is 5.77. The zero-order valence-electron chi connectivity index (χ0n) is 15.0. The van der Waals surface area contributed by atoms with Gasteiger partial charge in [0.25, 0.3) is 5.91 Å². The maximum atomic E-state index is 12.8. The summed E-state index contributed by atoms with van der Waals surface area (Å²) in [5, 5.41) is 5.82. The van der Waals surface area contributed by atoms with Crippen molar-refractivity contribution in [1.29, 1.82) is 0 Å². The van der Waals surface area contributed by atoms with Crippen LogP contribution in [0, 0.1) is 5.92 Å². The van der Waals surface area contributed by atoms with Gasteiger partial charge in [0.1, 0.15) is 6.04 Å². The van der Waals surface area contributed by atoms with E-state index < -0.39 is 6.04 Å². The van der Waals surface area contributed by atoms with E-state index >= 15 is 0 Å². The summed E-state index contributed by atoms with van der Waals surface area (Å²) >= 11 is 3.38. The van der Waals surface area contributed by atoms with E-state index in [1.165, 1.54) is 17.5 Å². The van der Waals surface area contributed by atoms with Crippen LogP contribution in [0.25, 0.3) is 0 Å². The standard InChI is InChI=1S/C21H23BrN2O2/c1-13(2)19(24-20(25)17-8-3-4-9-18(17)22)21(26)23-16-11-10-14-6-5-7-15(14)12-16/h3-4,8-13,19H,5-7H2,1-2H3,(H,23,26)(H,24,25)/t19-/m0/s1. The van der Waals surface area contributed by atoms with Crippen molar-refractivity contribution >= 4 is 33.4 Å². The number of carbonyl (C=O) groups is 2. The maximum Gasteiger partial charge on any atom is 0.253 e. The summed E-state index contributed by atoms with van der Waals surface area (Å²) in [6.07, 6.45) is 3.34. The fourth-order valence-electron chi connectivity index (χ4n) is 3.27. The Hall–Kier alpha value is -2.14. The molecule has 0 aliphatic heterocycles. The lowest BCUT2D eigenvalue weighted by Gasteiger charge is -2.22. The van der Waals surface area contributed by atoms with Crippen LogP contribution in [0.3, 0.4) is 0 Å². The zero-order valence-corrected chi connectivity index (χ0v) is 16.6. The van der Waals surface area contributed by atoms with Crippen molar-refractivity contribution in [2.45, 2.75) is 39.2 Å². The number of nitrogens with one attached hydrogen (secondary N) is 2. The molecule has 0 unspecified atom stereocenters. The van der Waals surface area contributed by atoms with Gasteiger partial charge in [0.15, 0.2) is 0 Å². The fourth-order valence-corrected chi connectivity index (χ4v) is 3.73. The van der Waals surface area contributed by atoms with Crippen molar-refractivity contribution in [2.75, 3.05) is 5.32 Å². The van der Waals surface area contributed by atoms with Crippen molar-refractivity contribution < 1.29 is 9.59 Å². The highest BCUT2D eigenvalue weighted by molar-refractivity contribution is 9.10. The first kappa shape index (κ1) is 18.6. The van der Waals surface area contributed by atoms with E-state index in [0.29, 0.717) is 10.0 Å². The molecule has 0 radical (unpaired) electrons. The number of aryl methyl sites for hydroxylation is 2. The minimum absolute atomic E-state index is 0.0316. The Morgan fingerprint density at radius 3 is 2.50 bits per heavy atom. The molecule has 0 spiro atoms. The van der Waals surface area contributed by atoms with E-state index in [1.807, 2.05) is 38.1 Å². The Labute approximate surface area is 162 Å². The van der Waals surface area contributed by atoms with Crippen LogP contribution in [0.4, 0.5) is 5.69 Å². The summed E-state index contributed by atoms with van der Waals surface area (Å²) in [7, 11) is 0. The number of rotatable bonds is 5. The van der Waals surface area contributed by atoms with Gasteiger partial charge in [-0.2, -0.15) is 0 Å². The smallest absolute Gasteiger partial charge is 0.253 e. The second-order valence-corrected chi connectivity index (χ2v) is 7.86. The summed E-state index contributed by atoms with van der Waals surface area (Å²) in [6.45, 7) is 3.85. The third-order valence-electron chi connectivity index (χ3n) is 4.72. The molecule has 0 saturated carbocycles. The highest BCUT2D eigenvalue weighted by Crippen LogP contribution is 2.25. The third-order valence-corrected chi connectivity index (χ3v) is 5.41. The molecular formula is C21H23BrN2O2. The molecule has 0 bridgehead atoms. The zero-order chi connectivity index (χ0) is 18.7. The highest BCUT2D eigenvalue weighted by atomic mass is 79.9. The monoisotopic (exact) mass is 414 g/mol. The van der Waals surface area contributed by atoms with Crippen LogP contribution in [0.15, 0.2) is 46.9 Å². The SMILES string of the molecule is CC(C)[C@H](NC(=O)c1ccccc1Br)C(=O)Nc1ccc2c(c1)CCC2. The lowest BCUT2D eigenvalue weighted by Crippen LogP contribution is -2.47. The van der Waals surface area contributed by atoms with Crippen LogP contribution in [0.5, 0.6) is 0 Å². The van der Waals surface area contributed by atoms with Crippen molar-refractivity contribution in [3.63, 3.8) is 0 Å². The Morgan fingerprint density at radius 2 is 1.77 bits per heavy atom. The molecule has 2 amide bonds. The predicted molar refractivity (Wildman–Crippen MR) is 107 cm³/mol. The fraction of sp³-hybridized carbons (Fsp3) is 0.333. The van der Waals surface area contributed by atoms with E-state index in [2.05, 4.69) is 32.6 Å². The predicted octanol–water partition coefficient (Wildman–Crippen LogP) is 4.33. The molecule has 0 aromatic heterocycles. The number of amides is 2. The van der Waals surface area contributed by atoms with Gasteiger partial charge in [-0.05, 0) is 76.5 Å². The van der Waals surface area contributed by atoms with E-state index in [1.54, 1.807) is 12.1 Å². The van der Waals surface area contributed by atoms with Gasteiger partial charge in [0.2, 0.25) is 5.91 Å². The Morgan fingerprint density at radius 1 is 1.04 bits per heavy atom. The summed E-state index contributed by atoms with van der Waals surface area (Å²) in [4.78, 5) is 25.3. The lowest BCUT2D eigenvalue weighted by molar-refractivity contribution is -0.118. The molecule has 1 aliphatic carbocycles. The lowest BCUT2D eigenvalue weighted by atomic mass is 10.0. The average Bonchev–Trinajstić information content (AvgIpc) is 3.07. The van der Waals surface area contributed by atoms with Crippen LogP contribution >= 0.6 is 15.9 Å². The molecule has 26 heavy (non-hydrogen) atoms. The quantitative estimate of drug-likeness (QED) is 0.764. The largest absolute Gasteiger partial charge is 0.340 e. The number of hydrogen-bond acceptors (Lipinski definition) is 2. The van der Waals surface area contributed by atoms with Crippen LogP contribution in [0.1, 0.15) is 41.8 Å². The maximum absolute atomic E-state index is 12.8. The second-order valence-electron chi connectivity index (χ2n) is 7.00.